The highest BCUT2D eigenvalue weighted by Crippen LogP contribution is 2.40. The average molecular weight is 358 g/mol. The van der Waals surface area contributed by atoms with Crippen molar-refractivity contribution in [2.24, 2.45) is 0 Å². The fourth-order valence-corrected chi connectivity index (χ4v) is 3.44. The molecule has 0 radical (unpaired) electrons. The summed E-state index contributed by atoms with van der Waals surface area (Å²) in [5.74, 6) is -1.29. The normalized spacial score (nSPS) is 12.8. The Labute approximate surface area is 119 Å². The molecule has 0 fully saturated rings. The van der Waals surface area contributed by atoms with Crippen LogP contribution in [0.15, 0.2) is 28.7 Å². The van der Waals surface area contributed by atoms with Gasteiger partial charge >= 0.3 is 0 Å². The zero-order valence-corrected chi connectivity index (χ0v) is 12.1. The number of rotatable bonds is 2. The highest BCUT2D eigenvalue weighted by atomic mass is 79.9. The van der Waals surface area contributed by atoms with Gasteiger partial charge in [0.25, 0.3) is 0 Å². The van der Waals surface area contributed by atoms with Crippen molar-refractivity contribution < 1.29 is 8.78 Å². The van der Waals surface area contributed by atoms with E-state index in [1.165, 1.54) is 23.5 Å². The molecule has 2 rings (SSSR count). The van der Waals surface area contributed by atoms with Gasteiger partial charge in [-0.1, -0.05) is 11.6 Å². The van der Waals surface area contributed by atoms with Gasteiger partial charge in [0, 0.05) is 15.4 Å². The lowest BCUT2D eigenvalue weighted by Gasteiger charge is -2.07. The summed E-state index contributed by atoms with van der Waals surface area (Å²) in [6.45, 7) is 0. The molecule has 0 nitrogen and oxygen atoms in total. The molecule has 0 bridgehead atoms. The third-order valence-corrected chi connectivity index (χ3v) is 5.25. The lowest BCUT2D eigenvalue weighted by molar-refractivity contribution is 0.580. The maximum atomic E-state index is 13.1. The van der Waals surface area contributed by atoms with Crippen molar-refractivity contribution in [2.75, 3.05) is 0 Å². The maximum Gasteiger partial charge on any atom is 0.126 e. The van der Waals surface area contributed by atoms with Crippen molar-refractivity contribution in [1.29, 1.82) is 0 Å². The van der Waals surface area contributed by atoms with Crippen LogP contribution in [0.25, 0.3) is 0 Å². The van der Waals surface area contributed by atoms with E-state index in [-0.39, 0.29) is 0 Å². The summed E-state index contributed by atoms with van der Waals surface area (Å²) in [7, 11) is 0. The lowest BCUT2D eigenvalue weighted by atomic mass is 10.1. The molecule has 0 saturated heterocycles. The Kier molecular flexibility index (Phi) is 4.08. The summed E-state index contributed by atoms with van der Waals surface area (Å²) in [5.41, 5.74) is 0.370. The molecule has 1 aromatic heterocycles. The van der Waals surface area contributed by atoms with Crippen molar-refractivity contribution in [1.82, 2.24) is 0 Å². The Balaban J connectivity index is 2.39. The predicted octanol–water partition coefficient (Wildman–Crippen LogP) is 5.77. The number of thiophene rings is 1. The molecule has 1 heterocycles. The van der Waals surface area contributed by atoms with Crippen molar-refractivity contribution in [2.45, 2.75) is 5.38 Å². The first kappa shape index (κ1) is 13.3. The van der Waals surface area contributed by atoms with Crippen LogP contribution >= 0.6 is 50.5 Å². The molecule has 17 heavy (non-hydrogen) atoms. The van der Waals surface area contributed by atoms with E-state index < -0.39 is 17.0 Å². The molecule has 0 aliphatic rings. The minimum absolute atomic E-state index is 0.370. The summed E-state index contributed by atoms with van der Waals surface area (Å²) in [4.78, 5) is 0.730. The Hall–Kier alpha value is -0.160. The Morgan fingerprint density at radius 2 is 1.71 bits per heavy atom. The monoisotopic (exact) mass is 356 g/mol. The molecule has 1 atom stereocenters. The molecule has 0 aliphatic carbocycles. The second kappa shape index (κ2) is 5.22. The van der Waals surface area contributed by atoms with Gasteiger partial charge in [-0.05, 0) is 39.7 Å². The summed E-state index contributed by atoms with van der Waals surface area (Å²) >= 11 is 16.6. The Morgan fingerprint density at radius 1 is 1.12 bits per heavy atom. The standard InChI is InChI=1S/C11H5BrCl2F2S/c12-8-4-9(17-11(8)14)10(13)5-1-6(15)3-7(16)2-5/h1-4,10H. The van der Waals surface area contributed by atoms with Crippen molar-refractivity contribution in [3.8, 4) is 0 Å². The topological polar surface area (TPSA) is 0 Å². The number of alkyl halides is 1. The van der Waals surface area contributed by atoms with Crippen LogP contribution in [0.4, 0.5) is 8.78 Å². The largest absolute Gasteiger partial charge is 0.207 e. The second-order valence-electron chi connectivity index (χ2n) is 3.34. The predicted molar refractivity (Wildman–Crippen MR) is 71.1 cm³/mol. The van der Waals surface area contributed by atoms with Gasteiger partial charge in [0.15, 0.2) is 0 Å². The highest BCUT2D eigenvalue weighted by molar-refractivity contribution is 9.10. The van der Waals surface area contributed by atoms with Crippen LogP contribution in [-0.4, -0.2) is 0 Å². The number of benzene rings is 1. The molecular weight excluding hydrogens is 353 g/mol. The fraction of sp³-hybridized carbons (Fsp3) is 0.0909. The van der Waals surface area contributed by atoms with Gasteiger partial charge in [-0.25, -0.2) is 8.78 Å². The maximum absolute atomic E-state index is 13.1. The van der Waals surface area contributed by atoms with Crippen LogP contribution < -0.4 is 0 Å². The third-order valence-electron chi connectivity index (χ3n) is 2.09. The number of hydrogen-bond acceptors (Lipinski definition) is 1. The average Bonchev–Trinajstić information content (AvgIpc) is 2.57. The minimum Gasteiger partial charge on any atom is -0.207 e. The summed E-state index contributed by atoms with van der Waals surface area (Å²) in [6, 6.07) is 4.97. The quantitative estimate of drug-likeness (QED) is 0.598. The molecule has 1 unspecified atom stereocenters. The molecule has 0 amide bonds. The van der Waals surface area contributed by atoms with Gasteiger partial charge in [0.05, 0.1) is 5.38 Å². The van der Waals surface area contributed by atoms with Gasteiger partial charge < -0.3 is 0 Å². The van der Waals surface area contributed by atoms with Gasteiger partial charge in [-0.15, -0.1) is 22.9 Å². The van der Waals surface area contributed by atoms with Crippen molar-refractivity contribution in [3.63, 3.8) is 0 Å². The van der Waals surface area contributed by atoms with Crippen LogP contribution in [0.2, 0.25) is 4.34 Å². The summed E-state index contributed by atoms with van der Waals surface area (Å²) in [5, 5.41) is -0.617. The van der Waals surface area contributed by atoms with Gasteiger partial charge in [-0.3, -0.25) is 0 Å². The van der Waals surface area contributed by atoms with E-state index in [9.17, 15) is 8.78 Å². The van der Waals surface area contributed by atoms with Crippen molar-refractivity contribution in [3.05, 3.63) is 55.1 Å². The van der Waals surface area contributed by atoms with E-state index in [1.54, 1.807) is 6.07 Å². The Bertz CT molecular complexity index is 517. The molecule has 1 aromatic carbocycles. The molecule has 0 N–H and O–H groups in total. The van der Waals surface area contributed by atoms with E-state index in [4.69, 9.17) is 23.2 Å². The SMILES string of the molecule is Fc1cc(F)cc(C(Cl)c2cc(Br)c(Cl)s2)c1. The molecule has 2 aromatic rings. The van der Waals surface area contributed by atoms with Gasteiger partial charge in [0.2, 0.25) is 0 Å². The first-order valence-electron chi connectivity index (χ1n) is 4.52. The number of hydrogen-bond donors (Lipinski definition) is 0. The molecule has 90 valence electrons. The van der Waals surface area contributed by atoms with Crippen LogP contribution in [0.1, 0.15) is 15.8 Å². The van der Waals surface area contributed by atoms with E-state index in [0.29, 0.717) is 9.90 Å². The molecule has 0 aliphatic heterocycles. The van der Waals surface area contributed by atoms with Crippen molar-refractivity contribution >= 4 is 50.5 Å². The smallest absolute Gasteiger partial charge is 0.126 e. The summed E-state index contributed by atoms with van der Waals surface area (Å²) < 4.78 is 27.4. The van der Waals surface area contributed by atoms with Crippen LogP contribution in [-0.2, 0) is 0 Å². The van der Waals surface area contributed by atoms with E-state index in [2.05, 4.69) is 15.9 Å². The number of halogens is 5. The van der Waals surface area contributed by atoms with Crippen LogP contribution in [0.3, 0.4) is 0 Å². The van der Waals surface area contributed by atoms with Gasteiger partial charge in [-0.2, -0.15) is 0 Å². The molecular formula is C11H5BrCl2F2S. The zero-order valence-electron chi connectivity index (χ0n) is 8.18. The fourth-order valence-electron chi connectivity index (χ4n) is 1.37. The Morgan fingerprint density at radius 3 is 2.18 bits per heavy atom. The zero-order chi connectivity index (χ0) is 12.6. The van der Waals surface area contributed by atoms with Gasteiger partial charge in [0.1, 0.15) is 16.0 Å². The first-order chi connectivity index (χ1) is 7.97. The first-order valence-corrected chi connectivity index (χ1v) is 6.94. The second-order valence-corrected chi connectivity index (χ2v) is 6.31. The lowest BCUT2D eigenvalue weighted by Crippen LogP contribution is -1.93. The van der Waals surface area contributed by atoms with Crippen LogP contribution in [0.5, 0.6) is 0 Å². The van der Waals surface area contributed by atoms with E-state index in [1.807, 2.05) is 0 Å². The van der Waals surface area contributed by atoms with E-state index >= 15 is 0 Å². The third kappa shape index (κ3) is 2.99. The highest BCUT2D eigenvalue weighted by Gasteiger charge is 2.17. The summed E-state index contributed by atoms with van der Waals surface area (Å²) in [6.07, 6.45) is 0. The molecule has 0 saturated carbocycles. The molecule has 6 heteroatoms. The van der Waals surface area contributed by atoms with E-state index in [0.717, 1.165) is 15.4 Å². The minimum atomic E-state index is -0.646. The van der Waals surface area contributed by atoms with Crippen LogP contribution in [0, 0.1) is 11.6 Å². The molecule has 0 spiro atoms.